The second-order valence-electron chi connectivity index (χ2n) is 6.54. The summed E-state index contributed by atoms with van der Waals surface area (Å²) in [6, 6.07) is 25.7. The zero-order valence-electron chi connectivity index (χ0n) is 15.4. The average molecular weight is 377 g/mol. The summed E-state index contributed by atoms with van der Waals surface area (Å²) in [5, 5.41) is 2.96. The molecule has 3 N–H and O–H groups in total. The topological polar surface area (TPSA) is 55.1 Å². The Balaban J connectivity index is 1.57. The van der Waals surface area contributed by atoms with Crippen molar-refractivity contribution in [3.8, 4) is 0 Å². The Hall–Kier alpha value is -2.56. The number of aryl methyl sites for hydroxylation is 1. The van der Waals surface area contributed by atoms with E-state index in [0.29, 0.717) is 6.42 Å². The highest BCUT2D eigenvalue weighted by Gasteiger charge is 2.15. The molecule has 4 heteroatoms. The predicted molar refractivity (Wildman–Crippen MR) is 114 cm³/mol. The van der Waals surface area contributed by atoms with Gasteiger partial charge in [0.2, 0.25) is 5.91 Å². The number of nitrogens with one attached hydrogen (secondary N) is 1. The van der Waals surface area contributed by atoms with Crippen LogP contribution in [-0.4, -0.2) is 11.9 Å². The highest BCUT2D eigenvalue weighted by molar-refractivity contribution is 7.98. The van der Waals surface area contributed by atoms with E-state index in [4.69, 9.17) is 5.73 Å². The van der Waals surface area contributed by atoms with Gasteiger partial charge in [0.15, 0.2) is 0 Å². The molecule has 0 saturated carbocycles. The van der Waals surface area contributed by atoms with Crippen LogP contribution in [0.5, 0.6) is 0 Å². The summed E-state index contributed by atoms with van der Waals surface area (Å²) in [6.07, 6.45) is 0.525. The number of thioether (sulfide) groups is 1. The van der Waals surface area contributed by atoms with Crippen molar-refractivity contribution < 1.29 is 4.79 Å². The molecule has 0 heterocycles. The fourth-order valence-electron chi connectivity index (χ4n) is 2.79. The first-order valence-corrected chi connectivity index (χ1v) is 9.98. The summed E-state index contributed by atoms with van der Waals surface area (Å²) in [6.45, 7) is 2.00. The standard InChI is InChI=1S/C23H24N2OS/c1-17-14-20(27-16-19-10-6-3-7-11-19)12-13-22(17)25-23(26)21(24)15-18-8-4-2-5-9-18/h2-14,21H,15-16,24H2,1H3,(H,25,26). The van der Waals surface area contributed by atoms with E-state index in [-0.39, 0.29) is 5.91 Å². The summed E-state index contributed by atoms with van der Waals surface area (Å²) < 4.78 is 0. The number of rotatable bonds is 7. The molecule has 0 aliphatic rings. The SMILES string of the molecule is Cc1cc(SCc2ccccc2)ccc1NC(=O)C(N)Cc1ccccc1. The Morgan fingerprint density at radius 3 is 2.22 bits per heavy atom. The molecule has 0 bridgehead atoms. The molecule has 0 aliphatic carbocycles. The molecular weight excluding hydrogens is 352 g/mol. The van der Waals surface area contributed by atoms with Crippen molar-refractivity contribution >= 4 is 23.4 Å². The largest absolute Gasteiger partial charge is 0.324 e. The van der Waals surface area contributed by atoms with Crippen LogP contribution in [0.4, 0.5) is 5.69 Å². The smallest absolute Gasteiger partial charge is 0.241 e. The maximum absolute atomic E-state index is 12.4. The number of nitrogens with two attached hydrogens (primary N) is 1. The number of hydrogen-bond donors (Lipinski definition) is 2. The van der Waals surface area contributed by atoms with Gasteiger partial charge in [0.25, 0.3) is 0 Å². The fourth-order valence-corrected chi connectivity index (χ4v) is 3.74. The van der Waals surface area contributed by atoms with E-state index in [1.54, 1.807) is 11.8 Å². The molecule has 3 aromatic rings. The predicted octanol–water partition coefficient (Wildman–Crippen LogP) is 4.80. The molecule has 0 radical (unpaired) electrons. The maximum atomic E-state index is 12.4. The van der Waals surface area contributed by atoms with Crippen LogP contribution < -0.4 is 11.1 Å². The van der Waals surface area contributed by atoms with Crippen LogP contribution in [0.1, 0.15) is 16.7 Å². The lowest BCUT2D eigenvalue weighted by Gasteiger charge is -2.14. The van der Waals surface area contributed by atoms with E-state index in [2.05, 4.69) is 35.6 Å². The summed E-state index contributed by atoms with van der Waals surface area (Å²) in [4.78, 5) is 13.6. The van der Waals surface area contributed by atoms with Crippen molar-refractivity contribution in [2.24, 2.45) is 5.73 Å². The van der Waals surface area contributed by atoms with Crippen molar-refractivity contribution in [3.05, 3.63) is 95.6 Å². The van der Waals surface area contributed by atoms with Crippen LogP contribution >= 0.6 is 11.8 Å². The molecule has 0 spiro atoms. The van der Waals surface area contributed by atoms with Gasteiger partial charge in [0.1, 0.15) is 0 Å². The van der Waals surface area contributed by atoms with Gasteiger partial charge in [-0.25, -0.2) is 0 Å². The Labute approximate surface area is 165 Å². The highest BCUT2D eigenvalue weighted by Crippen LogP contribution is 2.27. The molecular formula is C23H24N2OS. The van der Waals surface area contributed by atoms with Crippen LogP contribution in [0.25, 0.3) is 0 Å². The van der Waals surface area contributed by atoms with Crippen LogP contribution in [0.2, 0.25) is 0 Å². The van der Waals surface area contributed by atoms with Crippen molar-refractivity contribution in [2.75, 3.05) is 5.32 Å². The molecule has 0 fully saturated rings. The quantitative estimate of drug-likeness (QED) is 0.583. The monoisotopic (exact) mass is 376 g/mol. The third kappa shape index (κ3) is 5.71. The lowest BCUT2D eigenvalue weighted by Crippen LogP contribution is -2.37. The highest BCUT2D eigenvalue weighted by atomic mass is 32.2. The molecule has 0 saturated heterocycles. The summed E-state index contributed by atoms with van der Waals surface area (Å²) in [5.41, 5.74) is 10.3. The minimum Gasteiger partial charge on any atom is -0.324 e. The first-order valence-electron chi connectivity index (χ1n) is 8.99. The van der Waals surface area contributed by atoms with E-state index >= 15 is 0 Å². The van der Waals surface area contributed by atoms with Crippen LogP contribution in [0.3, 0.4) is 0 Å². The van der Waals surface area contributed by atoms with Crippen molar-refractivity contribution in [2.45, 2.75) is 30.0 Å². The fraction of sp³-hybridized carbons (Fsp3) is 0.174. The first-order chi connectivity index (χ1) is 13.1. The Bertz CT molecular complexity index is 881. The zero-order valence-corrected chi connectivity index (χ0v) is 16.2. The molecule has 0 aliphatic heterocycles. The molecule has 1 unspecified atom stereocenters. The van der Waals surface area contributed by atoms with E-state index in [9.17, 15) is 4.79 Å². The molecule has 1 atom stereocenters. The van der Waals surface area contributed by atoms with Gasteiger partial charge in [-0.05, 0) is 48.2 Å². The number of carbonyl (C=O) groups excluding carboxylic acids is 1. The van der Waals surface area contributed by atoms with Gasteiger partial charge in [0.05, 0.1) is 6.04 Å². The third-order valence-corrected chi connectivity index (χ3v) is 5.40. The van der Waals surface area contributed by atoms with Gasteiger partial charge in [0, 0.05) is 16.3 Å². The minimum atomic E-state index is -0.570. The van der Waals surface area contributed by atoms with Gasteiger partial charge in [-0.2, -0.15) is 0 Å². The van der Waals surface area contributed by atoms with Crippen molar-refractivity contribution in [1.29, 1.82) is 0 Å². The number of anilines is 1. The molecule has 3 nitrogen and oxygen atoms in total. The Morgan fingerprint density at radius 1 is 0.963 bits per heavy atom. The van der Waals surface area contributed by atoms with Gasteiger partial charge >= 0.3 is 0 Å². The second kappa shape index (κ2) is 9.40. The number of benzene rings is 3. The summed E-state index contributed by atoms with van der Waals surface area (Å²) in [5.74, 6) is 0.764. The van der Waals surface area contributed by atoms with Gasteiger partial charge in [-0.15, -0.1) is 11.8 Å². The lowest BCUT2D eigenvalue weighted by molar-refractivity contribution is -0.117. The van der Waals surface area contributed by atoms with Gasteiger partial charge in [-0.1, -0.05) is 60.7 Å². The Kier molecular flexibility index (Phi) is 6.69. The minimum absolute atomic E-state index is 0.161. The third-order valence-electron chi connectivity index (χ3n) is 4.34. The van der Waals surface area contributed by atoms with Crippen molar-refractivity contribution in [3.63, 3.8) is 0 Å². The molecule has 1 amide bonds. The lowest BCUT2D eigenvalue weighted by atomic mass is 10.1. The van der Waals surface area contributed by atoms with E-state index in [1.807, 2.05) is 55.5 Å². The molecule has 0 aromatic heterocycles. The summed E-state index contributed by atoms with van der Waals surface area (Å²) in [7, 11) is 0. The van der Waals surface area contributed by atoms with E-state index in [1.165, 1.54) is 10.5 Å². The number of amides is 1. The molecule has 27 heavy (non-hydrogen) atoms. The summed E-state index contributed by atoms with van der Waals surface area (Å²) >= 11 is 1.79. The maximum Gasteiger partial charge on any atom is 0.241 e. The molecule has 138 valence electrons. The number of hydrogen-bond acceptors (Lipinski definition) is 3. The van der Waals surface area contributed by atoms with Crippen molar-refractivity contribution in [1.82, 2.24) is 0 Å². The van der Waals surface area contributed by atoms with Gasteiger partial charge in [-0.3, -0.25) is 4.79 Å². The first kappa shape index (κ1) is 19.2. The van der Waals surface area contributed by atoms with Crippen LogP contribution in [-0.2, 0) is 17.0 Å². The average Bonchev–Trinajstić information content (AvgIpc) is 2.69. The van der Waals surface area contributed by atoms with E-state index < -0.39 is 6.04 Å². The zero-order chi connectivity index (χ0) is 19.1. The van der Waals surface area contributed by atoms with Crippen LogP contribution in [0, 0.1) is 6.92 Å². The van der Waals surface area contributed by atoms with Gasteiger partial charge < -0.3 is 11.1 Å². The molecule has 3 aromatic carbocycles. The number of carbonyl (C=O) groups is 1. The van der Waals surface area contributed by atoms with E-state index in [0.717, 1.165) is 22.6 Å². The normalized spacial score (nSPS) is 11.8. The second-order valence-corrected chi connectivity index (χ2v) is 7.59. The van der Waals surface area contributed by atoms with Crippen LogP contribution in [0.15, 0.2) is 83.8 Å². The Morgan fingerprint density at radius 2 is 1.59 bits per heavy atom. The molecule has 3 rings (SSSR count).